The molecule has 1 aliphatic rings. The molecule has 0 spiro atoms. The highest BCUT2D eigenvalue weighted by Crippen LogP contribution is 2.32. The van der Waals surface area contributed by atoms with Crippen molar-refractivity contribution in [3.63, 3.8) is 0 Å². The van der Waals surface area contributed by atoms with Gasteiger partial charge in [0.15, 0.2) is 11.5 Å². The maximum Gasteiger partial charge on any atom is 0.321 e. The maximum absolute atomic E-state index is 12.3. The number of hydrogen-bond donors (Lipinski definition) is 1. The number of aryl methyl sites for hydroxylation is 1. The fraction of sp³-hybridized carbons (Fsp3) is 0.278. The van der Waals surface area contributed by atoms with Gasteiger partial charge in [0, 0.05) is 19.3 Å². The molecule has 5 nitrogen and oxygen atoms in total. The molecule has 1 aliphatic heterocycles. The van der Waals surface area contributed by atoms with Gasteiger partial charge < -0.3 is 19.7 Å². The molecule has 0 bridgehead atoms. The lowest BCUT2D eigenvalue weighted by Crippen LogP contribution is -2.30. The number of ether oxygens (including phenoxy) is 2. The normalized spacial score (nSPS) is 12.1. The number of rotatable bonds is 4. The molecule has 3 rings (SSSR count). The SMILES string of the molecule is CCc1cccc(NC(=O)N(C)Cc2ccc3c(c2)OCO3)c1. The van der Waals surface area contributed by atoms with Crippen LogP contribution in [-0.4, -0.2) is 24.8 Å². The van der Waals surface area contributed by atoms with Gasteiger partial charge in [-0.2, -0.15) is 0 Å². The highest BCUT2D eigenvalue weighted by Gasteiger charge is 2.15. The average Bonchev–Trinajstić information content (AvgIpc) is 3.02. The quantitative estimate of drug-likeness (QED) is 0.937. The van der Waals surface area contributed by atoms with Crippen LogP contribution in [0, 0.1) is 0 Å². The largest absolute Gasteiger partial charge is 0.454 e. The number of carbonyl (C=O) groups excluding carboxylic acids is 1. The first-order valence-corrected chi connectivity index (χ1v) is 7.65. The molecule has 0 unspecified atom stereocenters. The van der Waals surface area contributed by atoms with Crippen molar-refractivity contribution < 1.29 is 14.3 Å². The van der Waals surface area contributed by atoms with Crippen LogP contribution >= 0.6 is 0 Å². The van der Waals surface area contributed by atoms with Crippen molar-refractivity contribution in [3.05, 3.63) is 53.6 Å². The summed E-state index contributed by atoms with van der Waals surface area (Å²) >= 11 is 0. The van der Waals surface area contributed by atoms with Crippen LogP contribution in [0.15, 0.2) is 42.5 Å². The number of urea groups is 1. The van der Waals surface area contributed by atoms with Crippen molar-refractivity contribution in [3.8, 4) is 11.5 Å². The molecule has 0 saturated carbocycles. The third-order valence-corrected chi connectivity index (χ3v) is 3.79. The molecule has 2 aromatic carbocycles. The lowest BCUT2D eigenvalue weighted by molar-refractivity contribution is 0.174. The Morgan fingerprint density at radius 1 is 1.13 bits per heavy atom. The number of hydrogen-bond acceptors (Lipinski definition) is 3. The van der Waals surface area contributed by atoms with E-state index >= 15 is 0 Å². The predicted octanol–water partition coefficient (Wildman–Crippen LogP) is 3.64. The minimum atomic E-state index is -0.143. The zero-order chi connectivity index (χ0) is 16.2. The molecule has 0 fully saturated rings. The Morgan fingerprint density at radius 3 is 2.78 bits per heavy atom. The third-order valence-electron chi connectivity index (χ3n) is 3.79. The van der Waals surface area contributed by atoms with E-state index < -0.39 is 0 Å². The van der Waals surface area contributed by atoms with Crippen LogP contribution in [0.1, 0.15) is 18.1 Å². The predicted molar refractivity (Wildman–Crippen MR) is 88.9 cm³/mol. The van der Waals surface area contributed by atoms with Gasteiger partial charge in [-0.1, -0.05) is 25.1 Å². The number of nitrogens with zero attached hydrogens (tertiary/aromatic N) is 1. The number of benzene rings is 2. The first-order chi connectivity index (χ1) is 11.2. The number of amides is 2. The summed E-state index contributed by atoms with van der Waals surface area (Å²) in [5.41, 5.74) is 3.00. The van der Waals surface area contributed by atoms with Gasteiger partial charge in [-0.15, -0.1) is 0 Å². The van der Waals surface area contributed by atoms with Crippen molar-refractivity contribution in [1.82, 2.24) is 4.90 Å². The van der Waals surface area contributed by atoms with Crippen LogP contribution in [0.4, 0.5) is 10.5 Å². The van der Waals surface area contributed by atoms with Crippen molar-refractivity contribution in [2.24, 2.45) is 0 Å². The van der Waals surface area contributed by atoms with E-state index in [0.29, 0.717) is 6.54 Å². The Morgan fingerprint density at radius 2 is 1.96 bits per heavy atom. The van der Waals surface area contributed by atoms with Crippen molar-refractivity contribution in [2.45, 2.75) is 19.9 Å². The third kappa shape index (κ3) is 3.56. The van der Waals surface area contributed by atoms with Crippen molar-refractivity contribution >= 4 is 11.7 Å². The highest BCUT2D eigenvalue weighted by atomic mass is 16.7. The topological polar surface area (TPSA) is 50.8 Å². The summed E-state index contributed by atoms with van der Waals surface area (Å²) in [5.74, 6) is 1.48. The van der Waals surface area contributed by atoms with Crippen molar-refractivity contribution in [1.29, 1.82) is 0 Å². The second-order valence-corrected chi connectivity index (χ2v) is 5.53. The molecule has 0 saturated heterocycles. The molecule has 0 radical (unpaired) electrons. The molecule has 120 valence electrons. The van der Waals surface area contributed by atoms with Crippen LogP contribution in [0.2, 0.25) is 0 Å². The molecule has 2 aromatic rings. The maximum atomic E-state index is 12.3. The minimum absolute atomic E-state index is 0.143. The van der Waals surface area contributed by atoms with E-state index in [4.69, 9.17) is 9.47 Å². The number of fused-ring (bicyclic) bond motifs is 1. The number of anilines is 1. The first kappa shape index (κ1) is 15.2. The minimum Gasteiger partial charge on any atom is -0.454 e. The van der Waals surface area contributed by atoms with Crippen molar-refractivity contribution in [2.75, 3.05) is 19.2 Å². The van der Waals surface area contributed by atoms with E-state index in [2.05, 4.69) is 12.2 Å². The molecule has 1 heterocycles. The Labute approximate surface area is 135 Å². The van der Waals surface area contributed by atoms with E-state index in [1.165, 1.54) is 5.56 Å². The van der Waals surface area contributed by atoms with E-state index in [-0.39, 0.29) is 12.8 Å². The average molecular weight is 312 g/mol. The van der Waals surface area contributed by atoms with Gasteiger partial charge in [-0.05, 0) is 41.8 Å². The van der Waals surface area contributed by atoms with Crippen LogP contribution in [0.25, 0.3) is 0 Å². The van der Waals surface area contributed by atoms with Crippen LogP contribution in [-0.2, 0) is 13.0 Å². The lowest BCUT2D eigenvalue weighted by Gasteiger charge is -2.18. The van der Waals surface area contributed by atoms with Gasteiger partial charge in [0.1, 0.15) is 0 Å². The highest BCUT2D eigenvalue weighted by molar-refractivity contribution is 5.89. The standard InChI is InChI=1S/C18H20N2O3/c1-3-13-5-4-6-15(9-13)19-18(21)20(2)11-14-7-8-16-17(10-14)23-12-22-16/h4-10H,3,11-12H2,1-2H3,(H,19,21). The summed E-state index contributed by atoms with van der Waals surface area (Å²) in [4.78, 5) is 13.9. The molecular weight excluding hydrogens is 292 g/mol. The molecule has 0 aromatic heterocycles. The van der Waals surface area contributed by atoms with Gasteiger partial charge >= 0.3 is 6.03 Å². The lowest BCUT2D eigenvalue weighted by atomic mass is 10.1. The summed E-state index contributed by atoms with van der Waals surface area (Å²) in [5, 5.41) is 2.92. The van der Waals surface area contributed by atoms with Crippen LogP contribution < -0.4 is 14.8 Å². The molecule has 0 aliphatic carbocycles. The smallest absolute Gasteiger partial charge is 0.321 e. The van der Waals surface area contributed by atoms with E-state index in [0.717, 1.165) is 29.2 Å². The second kappa shape index (κ2) is 6.60. The second-order valence-electron chi connectivity index (χ2n) is 5.53. The Hall–Kier alpha value is -2.69. The molecule has 0 atom stereocenters. The first-order valence-electron chi connectivity index (χ1n) is 7.65. The fourth-order valence-corrected chi connectivity index (χ4v) is 2.47. The molecule has 23 heavy (non-hydrogen) atoms. The molecule has 5 heteroatoms. The Kier molecular flexibility index (Phi) is 4.37. The zero-order valence-corrected chi connectivity index (χ0v) is 13.3. The van der Waals surface area contributed by atoms with E-state index in [9.17, 15) is 4.79 Å². The van der Waals surface area contributed by atoms with Gasteiger partial charge in [-0.3, -0.25) is 0 Å². The Balaban J connectivity index is 1.63. The zero-order valence-electron chi connectivity index (χ0n) is 13.3. The molecule has 1 N–H and O–H groups in total. The van der Waals surface area contributed by atoms with E-state index in [1.54, 1.807) is 11.9 Å². The van der Waals surface area contributed by atoms with Gasteiger partial charge in [-0.25, -0.2) is 4.79 Å². The summed E-state index contributed by atoms with van der Waals surface area (Å²) < 4.78 is 10.7. The summed E-state index contributed by atoms with van der Waals surface area (Å²) in [6.45, 7) is 2.84. The molecule has 2 amide bonds. The number of nitrogens with one attached hydrogen (secondary N) is 1. The van der Waals surface area contributed by atoms with Crippen LogP contribution in [0.3, 0.4) is 0 Å². The van der Waals surface area contributed by atoms with Gasteiger partial charge in [0.25, 0.3) is 0 Å². The van der Waals surface area contributed by atoms with Gasteiger partial charge in [0.05, 0.1) is 0 Å². The summed E-state index contributed by atoms with van der Waals surface area (Å²) in [7, 11) is 1.77. The fourth-order valence-electron chi connectivity index (χ4n) is 2.47. The Bertz CT molecular complexity index is 715. The van der Waals surface area contributed by atoms with E-state index in [1.807, 2.05) is 42.5 Å². The molecular formula is C18H20N2O3. The number of carbonyl (C=O) groups is 1. The monoisotopic (exact) mass is 312 g/mol. The summed E-state index contributed by atoms with van der Waals surface area (Å²) in [6.07, 6.45) is 0.941. The van der Waals surface area contributed by atoms with Gasteiger partial charge in [0.2, 0.25) is 6.79 Å². The van der Waals surface area contributed by atoms with Crippen LogP contribution in [0.5, 0.6) is 11.5 Å². The summed E-state index contributed by atoms with van der Waals surface area (Å²) in [6, 6.07) is 13.5.